The van der Waals surface area contributed by atoms with Gasteiger partial charge >= 0.3 is 0 Å². The summed E-state index contributed by atoms with van der Waals surface area (Å²) in [7, 11) is 1.81. The Labute approximate surface area is 118 Å². The van der Waals surface area contributed by atoms with Crippen molar-refractivity contribution in [2.45, 2.75) is 25.3 Å². The molecule has 0 bridgehead atoms. The summed E-state index contributed by atoms with van der Waals surface area (Å²) < 4.78 is 0. The van der Waals surface area contributed by atoms with Crippen molar-refractivity contribution in [3.8, 4) is 0 Å². The Morgan fingerprint density at radius 1 is 1.50 bits per heavy atom. The number of nitrogens with zero attached hydrogens (tertiary/aromatic N) is 1. The first-order valence-electron chi connectivity index (χ1n) is 7.00. The largest absolute Gasteiger partial charge is 0.337 e. The summed E-state index contributed by atoms with van der Waals surface area (Å²) in [4.78, 5) is 25.6. The van der Waals surface area contributed by atoms with Gasteiger partial charge in [0.15, 0.2) is 0 Å². The van der Waals surface area contributed by atoms with Gasteiger partial charge in [-0.1, -0.05) is 0 Å². The molecule has 1 saturated carbocycles. The maximum absolute atomic E-state index is 12.5. The lowest BCUT2D eigenvalue weighted by molar-refractivity contribution is -0.115. The van der Waals surface area contributed by atoms with Crippen LogP contribution in [0.4, 0.5) is 5.69 Å². The normalized spacial score (nSPS) is 18.4. The third-order valence-corrected chi connectivity index (χ3v) is 4.20. The van der Waals surface area contributed by atoms with E-state index in [4.69, 9.17) is 5.73 Å². The van der Waals surface area contributed by atoms with Crippen LogP contribution in [0.2, 0.25) is 0 Å². The van der Waals surface area contributed by atoms with E-state index in [-0.39, 0.29) is 17.9 Å². The predicted octanol–water partition coefficient (Wildman–Crippen LogP) is 0.991. The molecule has 2 aliphatic rings. The molecule has 106 valence electrons. The third kappa shape index (κ3) is 2.29. The highest BCUT2D eigenvalue weighted by atomic mass is 16.2. The van der Waals surface area contributed by atoms with E-state index in [0.29, 0.717) is 24.4 Å². The Morgan fingerprint density at radius 2 is 2.25 bits per heavy atom. The number of anilines is 1. The number of nitrogens with one attached hydrogen (secondary N) is 1. The Kier molecular flexibility index (Phi) is 3.22. The van der Waals surface area contributed by atoms with Gasteiger partial charge in [-0.3, -0.25) is 9.59 Å². The third-order valence-electron chi connectivity index (χ3n) is 4.20. The van der Waals surface area contributed by atoms with Gasteiger partial charge in [-0.05, 0) is 42.5 Å². The number of likely N-dealkylation sites (N-methyl/N-ethyl adjacent to an activating group) is 1. The summed E-state index contributed by atoms with van der Waals surface area (Å²) in [5, 5.41) is 2.77. The van der Waals surface area contributed by atoms with E-state index in [9.17, 15) is 9.59 Å². The molecule has 1 heterocycles. The van der Waals surface area contributed by atoms with Crippen molar-refractivity contribution in [2.24, 2.45) is 11.7 Å². The fourth-order valence-electron chi connectivity index (χ4n) is 2.86. The quantitative estimate of drug-likeness (QED) is 0.859. The molecule has 1 aliphatic carbocycles. The summed E-state index contributed by atoms with van der Waals surface area (Å²) in [5.41, 5.74) is 8.12. The zero-order valence-corrected chi connectivity index (χ0v) is 11.6. The molecule has 1 aromatic rings. The zero-order chi connectivity index (χ0) is 14.3. The van der Waals surface area contributed by atoms with Gasteiger partial charge in [0.1, 0.15) is 0 Å². The fourth-order valence-corrected chi connectivity index (χ4v) is 2.86. The molecule has 0 aromatic heterocycles. The topological polar surface area (TPSA) is 75.4 Å². The molecule has 1 aliphatic heterocycles. The lowest BCUT2D eigenvalue weighted by atomic mass is 10.1. The van der Waals surface area contributed by atoms with Crippen molar-refractivity contribution in [1.29, 1.82) is 0 Å². The maximum Gasteiger partial charge on any atom is 0.253 e. The second-order valence-electron chi connectivity index (χ2n) is 5.65. The average molecular weight is 273 g/mol. The standard InChI is InChI=1S/C15H19N3O2/c1-18(13(8-16)9-2-3-9)15(20)10-4-5-12-11(6-10)7-14(19)17-12/h4-6,9,13H,2-3,7-8,16H2,1H3,(H,17,19). The van der Waals surface area contributed by atoms with Crippen molar-refractivity contribution in [3.05, 3.63) is 29.3 Å². The van der Waals surface area contributed by atoms with Gasteiger partial charge < -0.3 is 16.0 Å². The van der Waals surface area contributed by atoms with E-state index >= 15 is 0 Å². The smallest absolute Gasteiger partial charge is 0.253 e. The highest BCUT2D eigenvalue weighted by molar-refractivity contribution is 6.01. The molecule has 1 fully saturated rings. The van der Waals surface area contributed by atoms with Crippen molar-refractivity contribution in [1.82, 2.24) is 4.90 Å². The van der Waals surface area contributed by atoms with Crippen LogP contribution in [0.3, 0.4) is 0 Å². The zero-order valence-electron chi connectivity index (χ0n) is 11.6. The van der Waals surface area contributed by atoms with Crippen molar-refractivity contribution in [3.63, 3.8) is 0 Å². The van der Waals surface area contributed by atoms with Crippen molar-refractivity contribution < 1.29 is 9.59 Å². The summed E-state index contributed by atoms with van der Waals surface area (Å²) >= 11 is 0. The van der Waals surface area contributed by atoms with E-state index in [2.05, 4.69) is 5.32 Å². The molecule has 5 nitrogen and oxygen atoms in total. The number of benzene rings is 1. The van der Waals surface area contributed by atoms with Crippen LogP contribution in [0.15, 0.2) is 18.2 Å². The summed E-state index contributed by atoms with van der Waals surface area (Å²) in [6, 6.07) is 5.50. The van der Waals surface area contributed by atoms with Crippen molar-refractivity contribution in [2.75, 3.05) is 18.9 Å². The molecule has 1 aromatic carbocycles. The fraction of sp³-hybridized carbons (Fsp3) is 0.467. The molecule has 0 radical (unpaired) electrons. The van der Waals surface area contributed by atoms with Crippen LogP contribution in [0.1, 0.15) is 28.8 Å². The number of hydrogen-bond acceptors (Lipinski definition) is 3. The molecule has 1 unspecified atom stereocenters. The number of fused-ring (bicyclic) bond motifs is 1. The summed E-state index contributed by atoms with van der Waals surface area (Å²) in [5.74, 6) is 0.511. The minimum Gasteiger partial charge on any atom is -0.337 e. The van der Waals surface area contributed by atoms with E-state index in [1.54, 1.807) is 17.0 Å². The van der Waals surface area contributed by atoms with Gasteiger partial charge in [0.25, 0.3) is 5.91 Å². The van der Waals surface area contributed by atoms with Gasteiger partial charge in [0.2, 0.25) is 5.91 Å². The Hall–Kier alpha value is -1.88. The number of carbonyl (C=O) groups excluding carboxylic acids is 2. The van der Waals surface area contributed by atoms with E-state index < -0.39 is 0 Å². The highest BCUT2D eigenvalue weighted by Crippen LogP contribution is 2.35. The van der Waals surface area contributed by atoms with Crippen LogP contribution in [0.5, 0.6) is 0 Å². The first-order chi connectivity index (χ1) is 9.60. The number of carbonyl (C=O) groups is 2. The molecule has 0 saturated heterocycles. The number of hydrogen-bond donors (Lipinski definition) is 2. The molecule has 1 atom stereocenters. The van der Waals surface area contributed by atoms with Crippen LogP contribution in [-0.2, 0) is 11.2 Å². The summed E-state index contributed by atoms with van der Waals surface area (Å²) in [6.45, 7) is 0.498. The molecule has 20 heavy (non-hydrogen) atoms. The lowest BCUT2D eigenvalue weighted by Crippen LogP contribution is -2.43. The minimum absolute atomic E-state index is 0.0178. The molecule has 3 rings (SSSR count). The second-order valence-corrected chi connectivity index (χ2v) is 5.65. The minimum atomic E-state index is -0.0190. The van der Waals surface area contributed by atoms with Crippen LogP contribution in [0, 0.1) is 5.92 Å². The molecular weight excluding hydrogens is 254 g/mol. The van der Waals surface area contributed by atoms with Gasteiger partial charge in [0.05, 0.1) is 6.42 Å². The van der Waals surface area contributed by atoms with Gasteiger partial charge in [-0.25, -0.2) is 0 Å². The monoisotopic (exact) mass is 273 g/mol. The Balaban J connectivity index is 1.80. The van der Waals surface area contributed by atoms with Gasteiger partial charge in [0, 0.05) is 30.9 Å². The van der Waals surface area contributed by atoms with Gasteiger partial charge in [-0.2, -0.15) is 0 Å². The molecule has 3 N–H and O–H groups in total. The van der Waals surface area contributed by atoms with Crippen LogP contribution in [0.25, 0.3) is 0 Å². The average Bonchev–Trinajstić information content (AvgIpc) is 3.18. The van der Waals surface area contributed by atoms with E-state index in [1.807, 2.05) is 13.1 Å². The van der Waals surface area contributed by atoms with Gasteiger partial charge in [-0.15, -0.1) is 0 Å². The molecule has 2 amide bonds. The Morgan fingerprint density at radius 3 is 2.90 bits per heavy atom. The SMILES string of the molecule is CN(C(=O)c1ccc2c(c1)CC(=O)N2)C(CN)C1CC1. The number of rotatable bonds is 4. The summed E-state index contributed by atoms with van der Waals surface area (Å²) in [6.07, 6.45) is 2.66. The lowest BCUT2D eigenvalue weighted by Gasteiger charge is -2.27. The predicted molar refractivity (Wildman–Crippen MR) is 76.4 cm³/mol. The number of nitrogens with two attached hydrogens (primary N) is 1. The van der Waals surface area contributed by atoms with Crippen LogP contribution in [-0.4, -0.2) is 36.3 Å². The first kappa shape index (κ1) is 13.1. The number of amides is 2. The molecule has 5 heteroatoms. The first-order valence-corrected chi connectivity index (χ1v) is 7.00. The Bertz CT molecular complexity index is 566. The highest BCUT2D eigenvalue weighted by Gasteiger charge is 2.35. The molecular formula is C15H19N3O2. The van der Waals surface area contributed by atoms with Crippen LogP contribution < -0.4 is 11.1 Å². The van der Waals surface area contributed by atoms with Crippen molar-refractivity contribution >= 4 is 17.5 Å². The second kappa shape index (κ2) is 4.90. The van der Waals surface area contributed by atoms with E-state index in [0.717, 1.165) is 24.1 Å². The van der Waals surface area contributed by atoms with E-state index in [1.165, 1.54) is 0 Å². The molecule has 0 spiro atoms. The van der Waals surface area contributed by atoms with Crippen LogP contribution >= 0.6 is 0 Å². The maximum atomic E-state index is 12.5.